The molecule has 0 atom stereocenters. The van der Waals surface area contributed by atoms with Crippen molar-refractivity contribution in [3.8, 4) is 5.75 Å². The van der Waals surface area contributed by atoms with Crippen LogP contribution in [0.1, 0.15) is 13.3 Å². The monoisotopic (exact) mass is 386 g/mol. The van der Waals surface area contributed by atoms with Crippen molar-refractivity contribution in [3.05, 3.63) is 52.7 Å². The number of anilines is 2. The second-order valence-electron chi connectivity index (χ2n) is 6.03. The number of aldehydes is 1. The van der Waals surface area contributed by atoms with E-state index in [-0.39, 0.29) is 12.3 Å². The number of methoxy groups -OCH3 is 1. The first kappa shape index (κ1) is 21.1. The maximum Gasteiger partial charge on any atom is 0.231 e. The van der Waals surface area contributed by atoms with Gasteiger partial charge in [-0.3, -0.25) is 4.79 Å². The number of benzene rings is 2. The van der Waals surface area contributed by atoms with Gasteiger partial charge in [0.1, 0.15) is 24.5 Å². The smallest absolute Gasteiger partial charge is 0.231 e. The van der Waals surface area contributed by atoms with E-state index in [0.717, 1.165) is 0 Å². The topological polar surface area (TPSA) is 76.7 Å². The minimum atomic E-state index is -0.442. The number of hydrogen-bond acceptors (Lipinski definition) is 5. The lowest BCUT2D eigenvalue weighted by molar-refractivity contribution is -0.119. The summed E-state index contributed by atoms with van der Waals surface area (Å²) in [5, 5.41) is 6.59. The van der Waals surface area contributed by atoms with Gasteiger partial charge in [-0.15, -0.1) is 0 Å². The maximum atomic E-state index is 14.6. The van der Waals surface area contributed by atoms with Crippen molar-refractivity contribution in [2.45, 2.75) is 13.3 Å². The Morgan fingerprint density at radius 3 is 2.36 bits per heavy atom. The molecule has 28 heavy (non-hydrogen) atoms. The second-order valence-corrected chi connectivity index (χ2v) is 6.03. The number of carbonyl (C=O) groups is 2. The molecule has 0 saturated carbocycles. The van der Waals surface area contributed by atoms with Crippen LogP contribution in [0.15, 0.2) is 36.4 Å². The normalized spacial score (nSPS) is 11.5. The van der Waals surface area contributed by atoms with E-state index in [1.54, 1.807) is 44.4 Å². The molecule has 0 fully saturated rings. The average Bonchev–Trinajstić information content (AvgIpc) is 2.63. The molecule has 7 heteroatoms. The van der Waals surface area contributed by atoms with Gasteiger partial charge in [0.15, 0.2) is 0 Å². The van der Waals surface area contributed by atoms with Crippen molar-refractivity contribution in [1.29, 1.82) is 0 Å². The summed E-state index contributed by atoms with van der Waals surface area (Å²) in [7, 11) is 1.56. The number of ether oxygens (including phenoxy) is 2. The van der Waals surface area contributed by atoms with E-state index in [1.165, 1.54) is 6.07 Å². The summed E-state index contributed by atoms with van der Waals surface area (Å²) in [6.45, 7) is 6.39. The Bertz CT molecular complexity index is 942. The van der Waals surface area contributed by atoms with Crippen molar-refractivity contribution < 1.29 is 23.5 Å². The quantitative estimate of drug-likeness (QED) is 0.392. The molecular formula is C21H23FN2O4. The molecule has 0 aliphatic rings. The molecule has 0 saturated heterocycles. The number of amides is 1. The molecule has 1 amide bonds. The van der Waals surface area contributed by atoms with E-state index in [1.807, 2.05) is 0 Å². The lowest BCUT2D eigenvalue weighted by Crippen LogP contribution is -2.31. The molecule has 2 aromatic rings. The van der Waals surface area contributed by atoms with Crippen LogP contribution >= 0.6 is 0 Å². The molecule has 0 bridgehead atoms. The van der Waals surface area contributed by atoms with Crippen LogP contribution in [0.3, 0.4) is 0 Å². The number of carbonyl (C=O) groups excluding carboxylic acids is 2. The Morgan fingerprint density at radius 2 is 1.79 bits per heavy atom. The van der Waals surface area contributed by atoms with Crippen LogP contribution in [0.25, 0.3) is 12.3 Å². The largest absolute Gasteiger partial charge is 0.491 e. The third-order valence-corrected chi connectivity index (χ3v) is 3.85. The highest BCUT2D eigenvalue weighted by molar-refractivity contribution is 5.98. The SMILES string of the molecule is C=c1cc(OCCOC)cc(F)/c1=C(/C)Nc1ccc(NC(=O)CC=O)cc1. The van der Waals surface area contributed by atoms with Crippen molar-refractivity contribution in [2.75, 3.05) is 31.0 Å². The van der Waals surface area contributed by atoms with Crippen LogP contribution in [0.4, 0.5) is 15.8 Å². The molecule has 0 spiro atoms. The first-order valence-electron chi connectivity index (χ1n) is 8.66. The van der Waals surface area contributed by atoms with E-state index in [0.29, 0.717) is 52.8 Å². The third-order valence-electron chi connectivity index (χ3n) is 3.85. The summed E-state index contributed by atoms with van der Waals surface area (Å²) in [5.74, 6) is -0.427. The van der Waals surface area contributed by atoms with E-state index in [4.69, 9.17) is 9.47 Å². The summed E-state index contributed by atoms with van der Waals surface area (Å²) in [4.78, 5) is 21.8. The predicted octanol–water partition coefficient (Wildman–Crippen LogP) is 2.03. The summed E-state index contributed by atoms with van der Waals surface area (Å²) in [6, 6.07) is 9.84. The molecule has 0 aliphatic heterocycles. The zero-order valence-corrected chi connectivity index (χ0v) is 15.9. The van der Waals surface area contributed by atoms with Gasteiger partial charge in [-0.1, -0.05) is 6.58 Å². The van der Waals surface area contributed by atoms with Gasteiger partial charge in [0.25, 0.3) is 0 Å². The van der Waals surface area contributed by atoms with Gasteiger partial charge in [0.2, 0.25) is 5.91 Å². The predicted molar refractivity (Wildman–Crippen MR) is 107 cm³/mol. The van der Waals surface area contributed by atoms with Crippen molar-refractivity contribution in [1.82, 2.24) is 0 Å². The Labute approximate surface area is 162 Å². The number of halogens is 1. The third kappa shape index (κ3) is 5.92. The molecule has 0 unspecified atom stereocenters. The fourth-order valence-electron chi connectivity index (χ4n) is 2.59. The molecule has 2 rings (SSSR count). The van der Waals surface area contributed by atoms with Crippen LogP contribution in [-0.2, 0) is 14.3 Å². The second kappa shape index (κ2) is 10.2. The molecule has 2 aromatic carbocycles. The maximum absolute atomic E-state index is 14.6. The zero-order chi connectivity index (χ0) is 20.5. The van der Waals surface area contributed by atoms with Crippen molar-refractivity contribution in [2.24, 2.45) is 0 Å². The average molecular weight is 386 g/mol. The summed E-state index contributed by atoms with van der Waals surface area (Å²) in [6.07, 6.45) is 0.353. The van der Waals surface area contributed by atoms with E-state index >= 15 is 0 Å². The van der Waals surface area contributed by atoms with E-state index < -0.39 is 5.82 Å². The fourth-order valence-corrected chi connectivity index (χ4v) is 2.59. The Balaban J connectivity index is 2.17. The lowest BCUT2D eigenvalue weighted by Gasteiger charge is -2.10. The number of nitrogens with one attached hydrogen (secondary N) is 2. The van der Waals surface area contributed by atoms with Crippen LogP contribution in [0.5, 0.6) is 5.75 Å². The zero-order valence-electron chi connectivity index (χ0n) is 15.9. The fraction of sp³-hybridized carbons (Fsp3) is 0.238. The highest BCUT2D eigenvalue weighted by atomic mass is 19.1. The molecule has 0 radical (unpaired) electrons. The summed E-state index contributed by atoms with van der Waals surface area (Å²) in [5.41, 5.74) is 1.87. The Hall–Kier alpha value is -3.19. The van der Waals surface area contributed by atoms with Crippen LogP contribution < -0.4 is 25.8 Å². The minimum absolute atomic E-state index is 0.191. The lowest BCUT2D eigenvalue weighted by atomic mass is 10.2. The highest BCUT2D eigenvalue weighted by Crippen LogP contribution is 2.15. The molecular weight excluding hydrogens is 363 g/mol. The molecule has 0 aromatic heterocycles. The Kier molecular flexibility index (Phi) is 7.71. The summed E-state index contributed by atoms with van der Waals surface area (Å²) < 4.78 is 24.9. The molecule has 0 heterocycles. The Morgan fingerprint density at radius 1 is 1.14 bits per heavy atom. The van der Waals surface area contributed by atoms with Crippen molar-refractivity contribution >= 4 is 35.8 Å². The minimum Gasteiger partial charge on any atom is -0.491 e. The molecule has 2 N–H and O–H groups in total. The van der Waals surface area contributed by atoms with Gasteiger partial charge in [0.05, 0.1) is 13.0 Å². The van der Waals surface area contributed by atoms with Crippen LogP contribution in [0, 0.1) is 5.82 Å². The summed E-state index contributed by atoms with van der Waals surface area (Å²) >= 11 is 0. The van der Waals surface area contributed by atoms with Gasteiger partial charge in [-0.25, -0.2) is 4.39 Å². The highest BCUT2D eigenvalue weighted by Gasteiger charge is 2.05. The molecule has 6 nitrogen and oxygen atoms in total. The van der Waals surface area contributed by atoms with Crippen LogP contribution in [-0.4, -0.2) is 32.5 Å². The van der Waals surface area contributed by atoms with E-state index in [2.05, 4.69) is 17.2 Å². The standard InChI is InChI=1S/C21H23FN2O4/c1-14-12-18(28-11-10-27-3)13-19(22)21(14)15(2)23-16-4-6-17(7-5-16)24-20(26)8-9-25/h4-7,9,12-13,23H,1,8,10-11H2,2-3H3,(H,24,26)/b21-15-. The van der Waals surface area contributed by atoms with Crippen LogP contribution in [0.2, 0.25) is 0 Å². The molecule has 148 valence electrons. The first-order valence-corrected chi connectivity index (χ1v) is 8.66. The van der Waals surface area contributed by atoms with Gasteiger partial charge < -0.3 is 24.9 Å². The van der Waals surface area contributed by atoms with Gasteiger partial charge in [-0.2, -0.15) is 0 Å². The molecule has 0 aliphatic carbocycles. The number of hydrogen-bond donors (Lipinski definition) is 2. The van der Waals surface area contributed by atoms with Crippen molar-refractivity contribution in [3.63, 3.8) is 0 Å². The van der Waals surface area contributed by atoms with Gasteiger partial charge >= 0.3 is 0 Å². The number of rotatable bonds is 9. The van der Waals surface area contributed by atoms with E-state index in [9.17, 15) is 14.0 Å². The first-order chi connectivity index (χ1) is 13.4. The van der Waals surface area contributed by atoms with Gasteiger partial charge in [-0.05, 0) is 42.5 Å². The van der Waals surface area contributed by atoms with Gasteiger partial charge in [0, 0.05) is 35.5 Å².